The zero-order valence-corrected chi connectivity index (χ0v) is 20.3. The third-order valence-electron chi connectivity index (χ3n) is 5.00. The maximum Gasteiger partial charge on any atom is 0.274 e. The number of hydrogen-bond donors (Lipinski definition) is 1. The molecular formula is C24H27FN2O4S2. The van der Waals surface area contributed by atoms with Gasteiger partial charge in [0.1, 0.15) is 22.3 Å². The van der Waals surface area contributed by atoms with E-state index in [9.17, 15) is 17.6 Å². The van der Waals surface area contributed by atoms with Crippen LogP contribution in [0.2, 0.25) is 0 Å². The summed E-state index contributed by atoms with van der Waals surface area (Å²) in [7, 11) is -2.42. The van der Waals surface area contributed by atoms with Gasteiger partial charge >= 0.3 is 0 Å². The van der Waals surface area contributed by atoms with Crippen LogP contribution in [0.3, 0.4) is 0 Å². The average Bonchev–Trinajstić information content (AvgIpc) is 3.33. The lowest BCUT2D eigenvalue weighted by Gasteiger charge is -2.26. The molecule has 0 radical (unpaired) electrons. The monoisotopic (exact) mass is 490 g/mol. The number of nitrogens with zero attached hydrogens (tertiary/aromatic N) is 1. The first-order valence-corrected chi connectivity index (χ1v) is 12.8. The number of amides is 1. The van der Waals surface area contributed by atoms with E-state index < -0.39 is 28.3 Å². The Balaban J connectivity index is 1.87. The number of halogens is 1. The molecule has 0 aliphatic heterocycles. The van der Waals surface area contributed by atoms with Crippen LogP contribution in [-0.4, -0.2) is 28.0 Å². The number of thiophene rings is 1. The van der Waals surface area contributed by atoms with Gasteiger partial charge in [0.25, 0.3) is 10.0 Å². The molecule has 0 saturated carbocycles. The number of methoxy groups -OCH3 is 1. The number of carbonyl (C=O) groups is 1. The van der Waals surface area contributed by atoms with E-state index in [-0.39, 0.29) is 15.9 Å². The lowest BCUT2D eigenvalue weighted by Crippen LogP contribution is -2.42. The summed E-state index contributed by atoms with van der Waals surface area (Å²) < 4.78 is 46.3. The molecule has 1 atom stereocenters. The number of sulfonamides is 1. The topological polar surface area (TPSA) is 75.7 Å². The largest absolute Gasteiger partial charge is 0.497 e. The standard InChI is InChI=1S/C24H27FN2O4S2/c1-17(2)15-22(18-6-12-21(31-3)13-7-18)26-23(28)16-27(20-10-8-19(25)9-11-20)33(29,30)24-5-4-14-32-24/h4-14,17,22H,15-16H2,1-3H3,(H,26,28). The van der Waals surface area contributed by atoms with Gasteiger partial charge < -0.3 is 10.1 Å². The summed E-state index contributed by atoms with van der Waals surface area (Å²) >= 11 is 1.06. The maximum atomic E-state index is 13.5. The summed E-state index contributed by atoms with van der Waals surface area (Å²) in [5.74, 6) is 0.0486. The molecule has 176 valence electrons. The molecule has 0 saturated heterocycles. The lowest BCUT2D eigenvalue weighted by molar-refractivity contribution is -0.120. The number of anilines is 1. The fourth-order valence-corrected chi connectivity index (χ4v) is 5.92. The van der Waals surface area contributed by atoms with E-state index in [2.05, 4.69) is 19.2 Å². The fraction of sp³-hybridized carbons (Fsp3) is 0.292. The third kappa shape index (κ3) is 6.33. The highest BCUT2D eigenvalue weighted by Crippen LogP contribution is 2.28. The van der Waals surface area contributed by atoms with Crippen molar-refractivity contribution in [2.24, 2.45) is 5.92 Å². The van der Waals surface area contributed by atoms with Gasteiger partial charge in [0.2, 0.25) is 5.91 Å². The second kappa shape index (κ2) is 10.8. The third-order valence-corrected chi connectivity index (χ3v) is 8.15. The molecule has 1 unspecified atom stereocenters. The minimum atomic E-state index is -4.00. The molecule has 0 aliphatic rings. The molecule has 33 heavy (non-hydrogen) atoms. The molecule has 1 N–H and O–H groups in total. The number of nitrogens with one attached hydrogen (secondary N) is 1. The zero-order valence-electron chi connectivity index (χ0n) is 18.7. The first kappa shape index (κ1) is 24.7. The number of rotatable bonds is 10. The molecule has 0 aliphatic carbocycles. The summed E-state index contributed by atoms with van der Waals surface area (Å²) in [5, 5.41) is 4.63. The van der Waals surface area contributed by atoms with Crippen LogP contribution in [0.15, 0.2) is 70.3 Å². The number of benzene rings is 2. The van der Waals surface area contributed by atoms with Gasteiger partial charge in [-0.3, -0.25) is 9.10 Å². The summed E-state index contributed by atoms with van der Waals surface area (Å²) in [6.07, 6.45) is 0.673. The lowest BCUT2D eigenvalue weighted by atomic mass is 9.97. The van der Waals surface area contributed by atoms with Gasteiger partial charge in [-0.05, 0) is 65.7 Å². The second-order valence-electron chi connectivity index (χ2n) is 7.94. The van der Waals surface area contributed by atoms with Crippen molar-refractivity contribution in [1.82, 2.24) is 5.32 Å². The van der Waals surface area contributed by atoms with E-state index in [1.54, 1.807) is 18.6 Å². The second-order valence-corrected chi connectivity index (χ2v) is 11.0. The Labute approximate surface area is 198 Å². The Morgan fingerprint density at radius 2 is 1.76 bits per heavy atom. The van der Waals surface area contributed by atoms with Crippen LogP contribution >= 0.6 is 11.3 Å². The van der Waals surface area contributed by atoms with Crippen LogP contribution < -0.4 is 14.4 Å². The molecular weight excluding hydrogens is 463 g/mol. The fourth-order valence-electron chi connectivity index (χ4n) is 3.40. The minimum absolute atomic E-state index is 0.105. The zero-order chi connectivity index (χ0) is 24.0. The Kier molecular flexibility index (Phi) is 8.10. The highest BCUT2D eigenvalue weighted by molar-refractivity contribution is 7.94. The van der Waals surface area contributed by atoms with Gasteiger partial charge in [-0.25, -0.2) is 12.8 Å². The van der Waals surface area contributed by atoms with E-state index in [0.717, 1.165) is 21.2 Å². The minimum Gasteiger partial charge on any atom is -0.497 e. The average molecular weight is 491 g/mol. The maximum absolute atomic E-state index is 13.5. The molecule has 2 aromatic carbocycles. The Morgan fingerprint density at radius 1 is 1.09 bits per heavy atom. The number of hydrogen-bond acceptors (Lipinski definition) is 5. The summed E-state index contributed by atoms with van der Waals surface area (Å²) in [5.41, 5.74) is 1.11. The Bertz CT molecular complexity index is 1150. The van der Waals surface area contributed by atoms with Crippen molar-refractivity contribution < 1.29 is 22.3 Å². The van der Waals surface area contributed by atoms with Crippen molar-refractivity contribution in [3.63, 3.8) is 0 Å². The molecule has 0 fully saturated rings. The first-order valence-electron chi connectivity index (χ1n) is 10.5. The van der Waals surface area contributed by atoms with Crippen molar-refractivity contribution in [3.8, 4) is 5.75 Å². The van der Waals surface area contributed by atoms with Gasteiger partial charge in [-0.1, -0.05) is 32.0 Å². The molecule has 3 rings (SSSR count). The van der Waals surface area contributed by atoms with Gasteiger partial charge in [0, 0.05) is 0 Å². The highest BCUT2D eigenvalue weighted by Gasteiger charge is 2.29. The summed E-state index contributed by atoms with van der Waals surface area (Å²) in [6.45, 7) is 3.67. The van der Waals surface area contributed by atoms with Crippen molar-refractivity contribution in [2.75, 3.05) is 18.0 Å². The van der Waals surface area contributed by atoms with Crippen LogP contribution in [0.1, 0.15) is 31.9 Å². The van der Waals surface area contributed by atoms with E-state index >= 15 is 0 Å². The predicted octanol–water partition coefficient (Wildman–Crippen LogP) is 4.99. The molecule has 1 amide bonds. The van der Waals surface area contributed by atoms with Crippen LogP contribution in [0.25, 0.3) is 0 Å². The van der Waals surface area contributed by atoms with Crippen LogP contribution in [0.5, 0.6) is 5.75 Å². The van der Waals surface area contributed by atoms with Crippen molar-refractivity contribution in [1.29, 1.82) is 0 Å². The molecule has 1 heterocycles. The Hall–Kier alpha value is -2.91. The van der Waals surface area contributed by atoms with E-state index in [4.69, 9.17) is 4.74 Å². The van der Waals surface area contributed by atoms with Gasteiger partial charge in [0.05, 0.1) is 18.8 Å². The quantitative estimate of drug-likeness (QED) is 0.434. The SMILES string of the molecule is COc1ccc(C(CC(C)C)NC(=O)CN(c2ccc(F)cc2)S(=O)(=O)c2cccs2)cc1. The predicted molar refractivity (Wildman–Crippen MR) is 129 cm³/mol. The molecule has 0 spiro atoms. The first-order chi connectivity index (χ1) is 15.7. The van der Waals surface area contributed by atoms with Crippen LogP contribution in [0, 0.1) is 11.7 Å². The summed E-state index contributed by atoms with van der Waals surface area (Å²) in [6, 6.07) is 15.2. The molecule has 3 aromatic rings. The van der Waals surface area contributed by atoms with E-state index in [1.165, 1.54) is 30.3 Å². The molecule has 9 heteroatoms. The van der Waals surface area contributed by atoms with Crippen molar-refractivity contribution in [3.05, 3.63) is 77.4 Å². The van der Waals surface area contributed by atoms with Gasteiger partial charge in [0.15, 0.2) is 0 Å². The molecule has 1 aromatic heterocycles. The number of carbonyl (C=O) groups excluding carboxylic acids is 1. The van der Waals surface area contributed by atoms with Crippen molar-refractivity contribution in [2.45, 2.75) is 30.5 Å². The molecule has 0 bridgehead atoms. The van der Waals surface area contributed by atoms with Crippen LogP contribution in [0.4, 0.5) is 10.1 Å². The van der Waals surface area contributed by atoms with Crippen molar-refractivity contribution >= 4 is 33.0 Å². The van der Waals surface area contributed by atoms with Gasteiger partial charge in [-0.2, -0.15) is 0 Å². The van der Waals surface area contributed by atoms with E-state index in [0.29, 0.717) is 18.1 Å². The summed E-state index contributed by atoms with van der Waals surface area (Å²) in [4.78, 5) is 13.1. The van der Waals surface area contributed by atoms with Gasteiger partial charge in [-0.15, -0.1) is 11.3 Å². The Morgan fingerprint density at radius 3 is 2.30 bits per heavy atom. The normalized spacial score (nSPS) is 12.4. The van der Waals surface area contributed by atoms with Crippen LogP contribution in [-0.2, 0) is 14.8 Å². The number of ether oxygens (including phenoxy) is 1. The van der Waals surface area contributed by atoms with E-state index in [1.807, 2.05) is 24.3 Å². The highest BCUT2D eigenvalue weighted by atomic mass is 32.2. The molecule has 6 nitrogen and oxygen atoms in total. The smallest absolute Gasteiger partial charge is 0.274 e.